The van der Waals surface area contributed by atoms with Gasteiger partial charge in [-0.15, -0.1) is 0 Å². The summed E-state index contributed by atoms with van der Waals surface area (Å²) < 4.78 is 0. The molecule has 1 aliphatic heterocycles. The number of piperazine rings is 1. The van der Waals surface area contributed by atoms with Crippen LogP contribution >= 0.6 is 0 Å². The van der Waals surface area contributed by atoms with Crippen molar-refractivity contribution in [2.24, 2.45) is 5.41 Å². The zero-order chi connectivity index (χ0) is 19.3. The first kappa shape index (κ1) is 19.0. The van der Waals surface area contributed by atoms with E-state index < -0.39 is 0 Å². The van der Waals surface area contributed by atoms with Crippen LogP contribution in [0.15, 0.2) is 53.1 Å². The summed E-state index contributed by atoms with van der Waals surface area (Å²) >= 11 is 0. The van der Waals surface area contributed by atoms with Crippen molar-refractivity contribution >= 4 is 11.8 Å². The SMILES string of the molecule is CC1(C)CC(C=Cc2ccc(N3CCNCC3)cc2)=CC(=C(C#N)C#N)C1. The Morgan fingerprint density at radius 3 is 2.33 bits per heavy atom. The fraction of sp³-hybridized carbons (Fsp3) is 0.391. The van der Waals surface area contributed by atoms with Crippen LogP contribution in [0.1, 0.15) is 32.3 Å². The van der Waals surface area contributed by atoms with Crippen molar-refractivity contribution in [1.82, 2.24) is 5.32 Å². The molecular formula is C23H26N4. The Morgan fingerprint density at radius 1 is 1.04 bits per heavy atom. The molecule has 0 bridgehead atoms. The number of nitrogens with zero attached hydrogens (tertiary/aromatic N) is 3. The highest BCUT2D eigenvalue weighted by atomic mass is 15.2. The van der Waals surface area contributed by atoms with Gasteiger partial charge in [-0.3, -0.25) is 0 Å². The summed E-state index contributed by atoms with van der Waals surface area (Å²) in [6.45, 7) is 8.54. The van der Waals surface area contributed by atoms with E-state index in [1.165, 1.54) is 5.69 Å². The van der Waals surface area contributed by atoms with Gasteiger partial charge in [-0.2, -0.15) is 10.5 Å². The minimum Gasteiger partial charge on any atom is -0.369 e. The Labute approximate surface area is 162 Å². The number of nitriles is 2. The normalized spacial score (nSPS) is 19.3. The molecule has 0 aromatic heterocycles. The maximum Gasteiger partial charge on any atom is 0.132 e. The largest absolute Gasteiger partial charge is 0.369 e. The molecule has 3 rings (SSSR count). The maximum atomic E-state index is 9.19. The van der Waals surface area contributed by atoms with Gasteiger partial charge in [-0.25, -0.2) is 0 Å². The van der Waals surface area contributed by atoms with Crippen LogP contribution < -0.4 is 10.2 Å². The lowest BCUT2D eigenvalue weighted by Crippen LogP contribution is -2.43. The maximum absolute atomic E-state index is 9.19. The van der Waals surface area contributed by atoms with E-state index in [9.17, 15) is 10.5 Å². The second-order valence-electron chi connectivity index (χ2n) is 8.02. The molecule has 4 nitrogen and oxygen atoms in total. The summed E-state index contributed by atoms with van der Waals surface area (Å²) in [5.41, 5.74) is 4.72. The minimum absolute atomic E-state index is 0.0505. The van der Waals surface area contributed by atoms with Crippen molar-refractivity contribution < 1.29 is 0 Å². The lowest BCUT2D eigenvalue weighted by atomic mass is 9.74. The van der Waals surface area contributed by atoms with Gasteiger partial charge in [-0.1, -0.05) is 44.2 Å². The minimum atomic E-state index is 0.0505. The fourth-order valence-corrected chi connectivity index (χ4v) is 3.82. The molecule has 0 saturated carbocycles. The molecule has 1 aromatic rings. The van der Waals surface area contributed by atoms with Crippen LogP contribution in [-0.2, 0) is 0 Å². The summed E-state index contributed by atoms with van der Waals surface area (Å²) in [5.74, 6) is 0. The fourth-order valence-electron chi connectivity index (χ4n) is 3.82. The molecule has 138 valence electrons. The predicted octanol–water partition coefficient (Wildman–Crippen LogP) is 4.20. The summed E-state index contributed by atoms with van der Waals surface area (Å²) in [4.78, 5) is 2.40. The van der Waals surface area contributed by atoms with Crippen molar-refractivity contribution in [3.05, 3.63) is 58.7 Å². The van der Waals surface area contributed by atoms with E-state index in [1.807, 2.05) is 18.2 Å². The second-order valence-corrected chi connectivity index (χ2v) is 8.02. The van der Waals surface area contributed by atoms with Gasteiger partial charge in [0.2, 0.25) is 0 Å². The zero-order valence-corrected chi connectivity index (χ0v) is 16.1. The highest BCUT2D eigenvalue weighted by Gasteiger charge is 2.26. The lowest BCUT2D eigenvalue weighted by Gasteiger charge is -2.30. The molecule has 2 aliphatic rings. The molecule has 4 heteroatoms. The van der Waals surface area contributed by atoms with E-state index in [1.54, 1.807) is 0 Å². The first-order valence-corrected chi connectivity index (χ1v) is 9.48. The Hall–Kier alpha value is -2.82. The third-order valence-electron chi connectivity index (χ3n) is 5.12. The molecule has 0 unspecified atom stereocenters. The number of benzene rings is 1. The average Bonchev–Trinajstić information content (AvgIpc) is 2.67. The van der Waals surface area contributed by atoms with Gasteiger partial charge in [0.1, 0.15) is 17.7 Å². The quantitative estimate of drug-likeness (QED) is 0.823. The summed E-state index contributed by atoms with van der Waals surface area (Å²) in [7, 11) is 0. The predicted molar refractivity (Wildman–Crippen MR) is 110 cm³/mol. The highest BCUT2D eigenvalue weighted by molar-refractivity contribution is 5.59. The van der Waals surface area contributed by atoms with Crippen LogP contribution in [0.5, 0.6) is 0 Å². The molecule has 0 amide bonds. The van der Waals surface area contributed by atoms with Crippen molar-refractivity contribution in [1.29, 1.82) is 10.5 Å². The number of hydrogen-bond acceptors (Lipinski definition) is 4. The van der Waals surface area contributed by atoms with Crippen LogP contribution in [0, 0.1) is 28.1 Å². The molecule has 1 N–H and O–H groups in total. The van der Waals surface area contributed by atoms with E-state index in [0.29, 0.717) is 0 Å². The monoisotopic (exact) mass is 358 g/mol. The third kappa shape index (κ3) is 4.88. The van der Waals surface area contributed by atoms with Gasteiger partial charge in [-0.05, 0) is 47.1 Å². The molecule has 0 atom stereocenters. The molecule has 0 spiro atoms. The van der Waals surface area contributed by atoms with E-state index in [4.69, 9.17) is 0 Å². The van der Waals surface area contributed by atoms with Crippen LogP contribution in [0.2, 0.25) is 0 Å². The average molecular weight is 358 g/mol. The van der Waals surface area contributed by atoms with Gasteiger partial charge in [0, 0.05) is 31.9 Å². The van der Waals surface area contributed by atoms with Gasteiger partial charge >= 0.3 is 0 Å². The van der Waals surface area contributed by atoms with E-state index in [2.05, 4.69) is 60.5 Å². The number of anilines is 1. The van der Waals surface area contributed by atoms with Crippen molar-refractivity contribution in [3.63, 3.8) is 0 Å². The smallest absolute Gasteiger partial charge is 0.132 e. The molecule has 0 radical (unpaired) electrons. The molecule has 1 aliphatic carbocycles. The Balaban J connectivity index is 1.77. The first-order chi connectivity index (χ1) is 13.0. The van der Waals surface area contributed by atoms with E-state index >= 15 is 0 Å². The topological polar surface area (TPSA) is 62.9 Å². The zero-order valence-electron chi connectivity index (χ0n) is 16.1. The molecule has 1 heterocycles. The number of allylic oxidation sites excluding steroid dienone is 5. The van der Waals surface area contributed by atoms with Gasteiger partial charge < -0.3 is 10.2 Å². The van der Waals surface area contributed by atoms with Crippen LogP contribution in [0.4, 0.5) is 5.69 Å². The highest BCUT2D eigenvalue weighted by Crippen LogP contribution is 2.39. The standard InChI is InChI=1S/C23H26N4/c1-23(2)14-19(13-20(15-23)21(16-24)17-25)4-3-18-5-7-22(8-6-18)27-11-9-26-10-12-27/h3-8,13,26H,9-12,14-15H2,1-2H3. The lowest BCUT2D eigenvalue weighted by molar-refractivity contribution is 0.354. The van der Waals surface area contributed by atoms with Gasteiger partial charge in [0.05, 0.1) is 0 Å². The van der Waals surface area contributed by atoms with Crippen molar-refractivity contribution in [2.45, 2.75) is 26.7 Å². The number of nitrogens with one attached hydrogen (secondary N) is 1. The van der Waals surface area contributed by atoms with E-state index in [0.717, 1.165) is 55.7 Å². The van der Waals surface area contributed by atoms with Crippen molar-refractivity contribution in [3.8, 4) is 12.1 Å². The summed E-state index contributed by atoms with van der Waals surface area (Å²) in [5, 5.41) is 21.8. The van der Waals surface area contributed by atoms with Gasteiger partial charge in [0.15, 0.2) is 0 Å². The van der Waals surface area contributed by atoms with Gasteiger partial charge in [0.25, 0.3) is 0 Å². The number of rotatable bonds is 3. The first-order valence-electron chi connectivity index (χ1n) is 9.48. The van der Waals surface area contributed by atoms with Crippen LogP contribution in [0.3, 0.4) is 0 Å². The Morgan fingerprint density at radius 2 is 1.70 bits per heavy atom. The number of hydrogen-bond donors (Lipinski definition) is 1. The Kier molecular flexibility index (Phi) is 5.79. The van der Waals surface area contributed by atoms with Crippen LogP contribution in [0.25, 0.3) is 6.08 Å². The van der Waals surface area contributed by atoms with E-state index in [-0.39, 0.29) is 11.0 Å². The third-order valence-corrected chi connectivity index (χ3v) is 5.12. The van der Waals surface area contributed by atoms with Crippen LogP contribution in [-0.4, -0.2) is 26.2 Å². The summed E-state index contributed by atoms with van der Waals surface area (Å²) in [6, 6.07) is 12.7. The molecule has 27 heavy (non-hydrogen) atoms. The molecule has 1 aromatic carbocycles. The Bertz CT molecular complexity index is 835. The second kappa shape index (κ2) is 8.25. The molecular weight excluding hydrogens is 332 g/mol. The molecule has 1 fully saturated rings. The molecule has 1 saturated heterocycles. The van der Waals surface area contributed by atoms with Crippen molar-refractivity contribution in [2.75, 3.05) is 31.1 Å². The summed E-state index contributed by atoms with van der Waals surface area (Å²) in [6.07, 6.45) is 7.95.